The van der Waals surface area contributed by atoms with Crippen LogP contribution in [0.3, 0.4) is 0 Å². The number of carbonyl (C=O) groups excluding carboxylic acids is 1. The monoisotopic (exact) mass is 264 g/mol. The number of halogens is 1. The average molecular weight is 264 g/mol. The molecule has 1 N–H and O–H groups in total. The van der Waals surface area contributed by atoms with Crippen LogP contribution in [0.1, 0.15) is 10.5 Å². The van der Waals surface area contributed by atoms with Gasteiger partial charge < -0.3 is 10.2 Å². The van der Waals surface area contributed by atoms with Gasteiger partial charge in [0.25, 0.3) is 5.91 Å². The summed E-state index contributed by atoms with van der Waals surface area (Å²) in [5.41, 5.74) is 0.320. The molecule has 0 spiro atoms. The van der Waals surface area contributed by atoms with Crippen LogP contribution in [0.2, 0.25) is 0 Å². The van der Waals surface area contributed by atoms with Crippen LogP contribution in [-0.4, -0.2) is 66.0 Å². The Morgan fingerprint density at radius 2 is 2.00 bits per heavy atom. The number of piperazine rings is 1. The van der Waals surface area contributed by atoms with E-state index in [1.165, 1.54) is 12.1 Å². The highest BCUT2D eigenvalue weighted by molar-refractivity contribution is 5.92. The maximum Gasteiger partial charge on any atom is 0.272 e. The molecule has 0 aromatic carbocycles. The van der Waals surface area contributed by atoms with Crippen LogP contribution >= 0.6 is 0 Å². The molecule has 3 rings (SSSR count). The van der Waals surface area contributed by atoms with Crippen LogP contribution in [0, 0.1) is 5.82 Å². The third-order valence-electron chi connectivity index (χ3n) is 3.82. The lowest BCUT2D eigenvalue weighted by atomic mass is 10.1. The lowest BCUT2D eigenvalue weighted by Crippen LogP contribution is -2.62. The first-order valence-corrected chi connectivity index (χ1v) is 6.59. The fourth-order valence-corrected chi connectivity index (χ4v) is 2.49. The normalized spacial score (nSPS) is 21.2. The quantitative estimate of drug-likeness (QED) is 0.813. The Morgan fingerprint density at radius 3 is 2.53 bits per heavy atom. The minimum absolute atomic E-state index is 0.105. The van der Waals surface area contributed by atoms with Gasteiger partial charge in [0.05, 0.1) is 6.20 Å². The molecular weight excluding hydrogens is 247 g/mol. The predicted molar refractivity (Wildman–Crippen MR) is 68.3 cm³/mol. The summed E-state index contributed by atoms with van der Waals surface area (Å²) in [5, 5.41) is 3.26. The Labute approximate surface area is 111 Å². The van der Waals surface area contributed by atoms with Gasteiger partial charge in [-0.2, -0.15) is 0 Å². The van der Waals surface area contributed by atoms with E-state index in [2.05, 4.69) is 15.2 Å². The van der Waals surface area contributed by atoms with Gasteiger partial charge in [0.2, 0.25) is 0 Å². The molecule has 1 amide bonds. The van der Waals surface area contributed by atoms with Crippen molar-refractivity contribution in [3.63, 3.8) is 0 Å². The van der Waals surface area contributed by atoms with Crippen molar-refractivity contribution in [3.05, 3.63) is 29.8 Å². The second-order valence-corrected chi connectivity index (χ2v) is 5.00. The van der Waals surface area contributed by atoms with E-state index >= 15 is 0 Å². The van der Waals surface area contributed by atoms with Crippen molar-refractivity contribution in [1.82, 2.24) is 20.1 Å². The molecule has 19 heavy (non-hydrogen) atoms. The summed E-state index contributed by atoms with van der Waals surface area (Å²) in [6.07, 6.45) is 1.09. The van der Waals surface area contributed by atoms with E-state index in [-0.39, 0.29) is 5.91 Å². The van der Waals surface area contributed by atoms with Gasteiger partial charge in [-0.25, -0.2) is 9.37 Å². The highest BCUT2D eigenvalue weighted by Gasteiger charge is 2.29. The first-order chi connectivity index (χ1) is 9.24. The van der Waals surface area contributed by atoms with Gasteiger partial charge >= 0.3 is 0 Å². The lowest BCUT2D eigenvalue weighted by Gasteiger charge is -2.43. The molecule has 2 aliphatic rings. The summed E-state index contributed by atoms with van der Waals surface area (Å²) in [6.45, 7) is 5.34. The Kier molecular flexibility index (Phi) is 3.44. The Balaban J connectivity index is 1.58. The van der Waals surface area contributed by atoms with Gasteiger partial charge in [0.1, 0.15) is 11.5 Å². The molecule has 1 aromatic rings. The molecule has 0 unspecified atom stereocenters. The molecule has 2 aliphatic heterocycles. The molecule has 2 saturated heterocycles. The number of pyridine rings is 1. The molecule has 0 bridgehead atoms. The minimum atomic E-state index is -0.418. The molecule has 0 radical (unpaired) electrons. The number of amides is 1. The molecular formula is C13H17FN4O. The molecule has 6 heteroatoms. The van der Waals surface area contributed by atoms with Gasteiger partial charge in [-0.3, -0.25) is 9.69 Å². The molecule has 0 saturated carbocycles. The highest BCUT2D eigenvalue weighted by Crippen LogP contribution is 2.12. The fraction of sp³-hybridized carbons (Fsp3) is 0.538. The molecule has 0 aliphatic carbocycles. The van der Waals surface area contributed by atoms with Gasteiger partial charge in [-0.1, -0.05) is 0 Å². The number of carbonyl (C=O) groups is 1. The number of nitrogens with zero attached hydrogens (tertiary/aromatic N) is 3. The third kappa shape index (κ3) is 2.59. The molecule has 5 nitrogen and oxygen atoms in total. The minimum Gasteiger partial charge on any atom is -0.335 e. The van der Waals surface area contributed by atoms with Crippen LogP contribution in [-0.2, 0) is 0 Å². The van der Waals surface area contributed by atoms with Crippen molar-refractivity contribution < 1.29 is 9.18 Å². The molecule has 3 heterocycles. The van der Waals surface area contributed by atoms with E-state index in [0.29, 0.717) is 24.8 Å². The topological polar surface area (TPSA) is 48.5 Å². The first-order valence-electron chi connectivity index (χ1n) is 6.59. The van der Waals surface area contributed by atoms with Gasteiger partial charge in [-0.05, 0) is 12.1 Å². The summed E-state index contributed by atoms with van der Waals surface area (Å²) in [7, 11) is 0. The second-order valence-electron chi connectivity index (χ2n) is 5.00. The highest BCUT2D eigenvalue weighted by atomic mass is 19.1. The van der Waals surface area contributed by atoms with Crippen molar-refractivity contribution in [2.75, 3.05) is 39.3 Å². The first kappa shape index (κ1) is 12.5. The SMILES string of the molecule is O=C(c1ccc(F)cn1)N1CCN(C2CNC2)CC1. The lowest BCUT2D eigenvalue weighted by molar-refractivity contribution is 0.0497. The van der Waals surface area contributed by atoms with Crippen molar-refractivity contribution in [3.8, 4) is 0 Å². The molecule has 0 atom stereocenters. The van der Waals surface area contributed by atoms with E-state index in [1.54, 1.807) is 4.90 Å². The van der Waals surface area contributed by atoms with E-state index in [1.807, 2.05) is 0 Å². The van der Waals surface area contributed by atoms with Crippen molar-refractivity contribution in [2.24, 2.45) is 0 Å². The smallest absolute Gasteiger partial charge is 0.272 e. The number of aromatic nitrogens is 1. The van der Waals surface area contributed by atoms with Crippen LogP contribution < -0.4 is 5.32 Å². The number of hydrogen-bond donors (Lipinski definition) is 1. The van der Waals surface area contributed by atoms with Gasteiger partial charge in [0, 0.05) is 45.3 Å². The molecule has 102 valence electrons. The Hall–Kier alpha value is -1.53. The summed E-state index contributed by atoms with van der Waals surface area (Å²) in [5.74, 6) is -0.523. The largest absolute Gasteiger partial charge is 0.335 e. The Morgan fingerprint density at radius 1 is 1.26 bits per heavy atom. The summed E-state index contributed by atoms with van der Waals surface area (Å²) < 4.78 is 12.8. The molecule has 2 fully saturated rings. The third-order valence-corrected chi connectivity index (χ3v) is 3.82. The zero-order chi connectivity index (χ0) is 13.2. The standard InChI is InChI=1S/C13H17FN4O/c14-10-1-2-12(16-7-10)13(19)18-5-3-17(4-6-18)11-8-15-9-11/h1-2,7,11,15H,3-6,8-9H2. The average Bonchev–Trinajstić information content (AvgIpc) is 2.38. The van der Waals surface area contributed by atoms with Gasteiger partial charge in [0.15, 0.2) is 0 Å². The predicted octanol–water partition coefficient (Wildman–Crippen LogP) is -0.0497. The second kappa shape index (κ2) is 5.22. The van der Waals surface area contributed by atoms with E-state index in [0.717, 1.165) is 32.4 Å². The summed E-state index contributed by atoms with van der Waals surface area (Å²) in [6, 6.07) is 3.34. The van der Waals surface area contributed by atoms with E-state index in [9.17, 15) is 9.18 Å². The van der Waals surface area contributed by atoms with Crippen LogP contribution in [0.25, 0.3) is 0 Å². The molecule has 1 aromatic heterocycles. The van der Waals surface area contributed by atoms with E-state index < -0.39 is 5.82 Å². The van der Waals surface area contributed by atoms with Crippen molar-refractivity contribution in [2.45, 2.75) is 6.04 Å². The number of hydrogen-bond acceptors (Lipinski definition) is 4. The van der Waals surface area contributed by atoms with E-state index in [4.69, 9.17) is 0 Å². The van der Waals surface area contributed by atoms with Crippen molar-refractivity contribution >= 4 is 5.91 Å². The summed E-state index contributed by atoms with van der Waals surface area (Å²) in [4.78, 5) is 20.2. The summed E-state index contributed by atoms with van der Waals surface area (Å²) >= 11 is 0. The zero-order valence-corrected chi connectivity index (χ0v) is 10.7. The van der Waals surface area contributed by atoms with Crippen LogP contribution in [0.4, 0.5) is 4.39 Å². The zero-order valence-electron chi connectivity index (χ0n) is 10.7. The number of rotatable bonds is 2. The fourth-order valence-electron chi connectivity index (χ4n) is 2.49. The van der Waals surface area contributed by atoms with Crippen LogP contribution in [0.5, 0.6) is 0 Å². The Bertz CT molecular complexity index is 452. The maximum atomic E-state index is 12.8. The van der Waals surface area contributed by atoms with Crippen LogP contribution in [0.15, 0.2) is 18.3 Å². The number of nitrogens with one attached hydrogen (secondary N) is 1. The maximum absolute atomic E-state index is 12.8. The van der Waals surface area contributed by atoms with Gasteiger partial charge in [-0.15, -0.1) is 0 Å². The van der Waals surface area contributed by atoms with Crippen molar-refractivity contribution in [1.29, 1.82) is 0 Å².